The average molecular weight is 267 g/mol. The van der Waals surface area contributed by atoms with Gasteiger partial charge in [-0.1, -0.05) is 13.8 Å². The van der Waals surface area contributed by atoms with Gasteiger partial charge in [0.15, 0.2) is 5.13 Å². The van der Waals surface area contributed by atoms with Crippen LogP contribution >= 0.6 is 11.3 Å². The van der Waals surface area contributed by atoms with Crippen LogP contribution in [0.4, 0.5) is 5.13 Å². The van der Waals surface area contributed by atoms with Crippen molar-refractivity contribution in [1.82, 2.24) is 9.88 Å². The topological polar surface area (TPSA) is 36.4 Å². The van der Waals surface area contributed by atoms with Crippen LogP contribution in [0.25, 0.3) is 0 Å². The van der Waals surface area contributed by atoms with E-state index in [1.165, 1.54) is 0 Å². The largest absolute Gasteiger partial charge is 0.346 e. The van der Waals surface area contributed by atoms with Crippen LogP contribution in [0.5, 0.6) is 0 Å². The van der Waals surface area contributed by atoms with E-state index >= 15 is 0 Å². The quantitative estimate of drug-likeness (QED) is 0.763. The molecule has 0 saturated carbocycles. The molecule has 1 aromatic heterocycles. The van der Waals surface area contributed by atoms with Gasteiger partial charge in [-0.15, -0.1) is 11.3 Å². The molecule has 1 aliphatic rings. The zero-order valence-electron chi connectivity index (χ0n) is 11.1. The van der Waals surface area contributed by atoms with Crippen LogP contribution in [0, 0.1) is 5.41 Å². The molecule has 0 radical (unpaired) electrons. The number of hydrogen-bond acceptors (Lipinski definition) is 5. The third-order valence-corrected chi connectivity index (χ3v) is 4.57. The van der Waals surface area contributed by atoms with Gasteiger partial charge < -0.3 is 9.69 Å². The molecule has 1 aromatic rings. The van der Waals surface area contributed by atoms with Crippen molar-refractivity contribution in [2.24, 2.45) is 5.41 Å². The molecule has 100 valence electrons. The predicted molar refractivity (Wildman–Crippen MR) is 75.2 cm³/mol. The Labute approximate surface area is 113 Å². The van der Waals surface area contributed by atoms with Gasteiger partial charge in [-0.25, -0.2) is 4.98 Å². The standard InChI is InChI=1S/C13H21N3OS/c1-3-13(2,11-17)10-15-5-7-16(8-6-15)12-14-4-9-18-12/h4,9,11H,3,5-8,10H2,1-2H3. The van der Waals surface area contributed by atoms with Gasteiger partial charge in [0.05, 0.1) is 0 Å². The number of nitrogens with zero attached hydrogens (tertiary/aromatic N) is 3. The van der Waals surface area contributed by atoms with E-state index in [1.54, 1.807) is 11.3 Å². The molecule has 1 saturated heterocycles. The highest BCUT2D eigenvalue weighted by molar-refractivity contribution is 7.13. The summed E-state index contributed by atoms with van der Waals surface area (Å²) in [5, 5.41) is 3.13. The van der Waals surface area contributed by atoms with Gasteiger partial charge in [-0.05, 0) is 6.42 Å². The Hall–Kier alpha value is -0.940. The van der Waals surface area contributed by atoms with Crippen molar-refractivity contribution in [1.29, 1.82) is 0 Å². The van der Waals surface area contributed by atoms with Crippen LogP contribution in [-0.4, -0.2) is 48.9 Å². The highest BCUT2D eigenvalue weighted by atomic mass is 32.1. The zero-order valence-corrected chi connectivity index (χ0v) is 11.9. The van der Waals surface area contributed by atoms with E-state index in [0.29, 0.717) is 0 Å². The maximum atomic E-state index is 11.1. The smallest absolute Gasteiger partial charge is 0.185 e. The lowest BCUT2D eigenvalue weighted by Crippen LogP contribution is -2.49. The summed E-state index contributed by atoms with van der Waals surface area (Å²) < 4.78 is 0. The van der Waals surface area contributed by atoms with E-state index in [0.717, 1.165) is 50.6 Å². The maximum absolute atomic E-state index is 11.1. The minimum Gasteiger partial charge on any atom is -0.346 e. The minimum absolute atomic E-state index is 0.191. The summed E-state index contributed by atoms with van der Waals surface area (Å²) >= 11 is 1.69. The first kappa shape index (κ1) is 13.5. The molecule has 1 aliphatic heterocycles. The van der Waals surface area contributed by atoms with Gasteiger partial charge in [-0.2, -0.15) is 0 Å². The Morgan fingerprint density at radius 3 is 2.67 bits per heavy atom. The van der Waals surface area contributed by atoms with E-state index in [2.05, 4.69) is 21.7 Å². The van der Waals surface area contributed by atoms with Gasteiger partial charge in [0.1, 0.15) is 6.29 Å². The van der Waals surface area contributed by atoms with E-state index < -0.39 is 0 Å². The average Bonchev–Trinajstić information content (AvgIpc) is 2.93. The van der Waals surface area contributed by atoms with Gasteiger partial charge in [-0.3, -0.25) is 4.90 Å². The number of anilines is 1. The molecule has 0 bridgehead atoms. The third-order valence-electron chi connectivity index (χ3n) is 3.74. The molecule has 2 heterocycles. The second-order valence-corrected chi connectivity index (χ2v) is 6.08. The first-order chi connectivity index (χ1) is 8.67. The molecule has 0 amide bonds. The van der Waals surface area contributed by atoms with Crippen LogP contribution in [0.15, 0.2) is 11.6 Å². The van der Waals surface area contributed by atoms with E-state index in [4.69, 9.17) is 0 Å². The van der Waals surface area contributed by atoms with Crippen molar-refractivity contribution in [2.75, 3.05) is 37.6 Å². The van der Waals surface area contributed by atoms with Gasteiger partial charge >= 0.3 is 0 Å². The maximum Gasteiger partial charge on any atom is 0.185 e. The van der Waals surface area contributed by atoms with Crippen LogP contribution in [0.2, 0.25) is 0 Å². The molecule has 5 heteroatoms. The van der Waals surface area contributed by atoms with Crippen LogP contribution in [0.1, 0.15) is 20.3 Å². The van der Waals surface area contributed by atoms with Crippen molar-refractivity contribution in [3.05, 3.63) is 11.6 Å². The molecular formula is C13H21N3OS. The predicted octanol–water partition coefficient (Wildman–Crippen LogP) is 1.88. The molecular weight excluding hydrogens is 246 g/mol. The Morgan fingerprint density at radius 2 is 2.17 bits per heavy atom. The number of piperazine rings is 1. The minimum atomic E-state index is -0.191. The summed E-state index contributed by atoms with van der Waals surface area (Å²) in [4.78, 5) is 20.2. The lowest BCUT2D eigenvalue weighted by Gasteiger charge is -2.38. The van der Waals surface area contributed by atoms with E-state index in [1.807, 2.05) is 18.5 Å². The number of rotatable bonds is 5. The fourth-order valence-electron chi connectivity index (χ4n) is 2.21. The van der Waals surface area contributed by atoms with Gasteiger partial charge in [0.2, 0.25) is 0 Å². The molecule has 0 aliphatic carbocycles. The zero-order chi connectivity index (χ0) is 13.0. The normalized spacial score (nSPS) is 20.7. The second kappa shape index (κ2) is 5.80. The van der Waals surface area contributed by atoms with E-state index in [-0.39, 0.29) is 5.41 Å². The highest BCUT2D eigenvalue weighted by Crippen LogP contribution is 2.22. The summed E-state index contributed by atoms with van der Waals surface area (Å²) in [6.45, 7) is 9.05. The number of hydrogen-bond donors (Lipinski definition) is 0. The Morgan fingerprint density at radius 1 is 1.44 bits per heavy atom. The molecule has 4 nitrogen and oxygen atoms in total. The van der Waals surface area contributed by atoms with Crippen LogP contribution in [0.3, 0.4) is 0 Å². The molecule has 1 unspecified atom stereocenters. The molecule has 18 heavy (non-hydrogen) atoms. The summed E-state index contributed by atoms with van der Waals surface area (Å²) in [6.07, 6.45) is 3.87. The van der Waals surface area contributed by atoms with E-state index in [9.17, 15) is 4.79 Å². The van der Waals surface area contributed by atoms with Crippen LogP contribution in [-0.2, 0) is 4.79 Å². The van der Waals surface area contributed by atoms with Crippen molar-refractivity contribution in [3.8, 4) is 0 Å². The number of aldehydes is 1. The number of carbonyl (C=O) groups excluding carboxylic acids is 1. The number of aromatic nitrogens is 1. The first-order valence-corrected chi connectivity index (χ1v) is 7.38. The van der Waals surface area contributed by atoms with Crippen molar-refractivity contribution >= 4 is 22.8 Å². The second-order valence-electron chi connectivity index (χ2n) is 5.20. The summed E-state index contributed by atoms with van der Waals surface area (Å²) in [5.74, 6) is 0. The Bertz CT molecular complexity index is 374. The molecule has 0 aromatic carbocycles. The van der Waals surface area contributed by atoms with Gasteiger partial charge in [0, 0.05) is 49.7 Å². The van der Waals surface area contributed by atoms with Crippen molar-refractivity contribution in [2.45, 2.75) is 20.3 Å². The molecule has 2 rings (SSSR count). The third kappa shape index (κ3) is 3.09. The highest BCUT2D eigenvalue weighted by Gasteiger charge is 2.27. The lowest BCUT2D eigenvalue weighted by atomic mass is 9.88. The SMILES string of the molecule is CCC(C)(C=O)CN1CCN(c2nccs2)CC1. The molecule has 0 N–H and O–H groups in total. The van der Waals surface area contributed by atoms with Gasteiger partial charge in [0.25, 0.3) is 0 Å². The number of carbonyl (C=O) groups is 1. The summed E-state index contributed by atoms with van der Waals surface area (Å²) in [6, 6.07) is 0. The Kier molecular flexibility index (Phi) is 4.35. The fraction of sp³-hybridized carbons (Fsp3) is 0.692. The van der Waals surface area contributed by atoms with Crippen LogP contribution < -0.4 is 4.90 Å². The van der Waals surface area contributed by atoms with Crippen molar-refractivity contribution < 1.29 is 4.79 Å². The van der Waals surface area contributed by atoms with Crippen molar-refractivity contribution in [3.63, 3.8) is 0 Å². The lowest BCUT2D eigenvalue weighted by molar-refractivity contribution is -0.116. The Balaban J connectivity index is 1.85. The first-order valence-electron chi connectivity index (χ1n) is 6.50. The fourth-order valence-corrected chi connectivity index (χ4v) is 2.91. The summed E-state index contributed by atoms with van der Waals surface area (Å²) in [5.41, 5.74) is -0.191. The molecule has 0 spiro atoms. The molecule has 1 fully saturated rings. The monoisotopic (exact) mass is 267 g/mol. The number of thiazole rings is 1. The summed E-state index contributed by atoms with van der Waals surface area (Å²) in [7, 11) is 0. The molecule has 1 atom stereocenters.